The van der Waals surface area contributed by atoms with E-state index in [2.05, 4.69) is 9.98 Å². The molecule has 17 heavy (non-hydrogen) atoms. The lowest BCUT2D eigenvalue weighted by Crippen LogP contribution is -2.26. The van der Waals surface area contributed by atoms with E-state index in [1.165, 1.54) is 12.1 Å². The van der Waals surface area contributed by atoms with Crippen LogP contribution in [0, 0.1) is 11.3 Å². The predicted octanol–water partition coefficient (Wildman–Crippen LogP) is 1.08. The van der Waals surface area contributed by atoms with Crippen molar-refractivity contribution < 1.29 is 0 Å². The third-order valence-corrected chi connectivity index (χ3v) is 2.19. The van der Waals surface area contributed by atoms with Crippen LogP contribution in [0.1, 0.15) is 5.56 Å². The molecule has 0 unspecified atom stereocenters. The Morgan fingerprint density at radius 1 is 1.18 bits per heavy atom. The Kier molecular flexibility index (Phi) is 4.15. The second-order valence-electron chi connectivity index (χ2n) is 2.91. The standard InChI is InChI=1S/C9H8Cl2N6/c10-5-1-4(3-12)2-6(11)7(5)16-9(15)17-8(13)14/h1-2H,(H6,13,14,15,16,17). The number of nitriles is 1. The molecule has 0 amide bonds. The van der Waals surface area contributed by atoms with E-state index >= 15 is 0 Å². The van der Waals surface area contributed by atoms with Gasteiger partial charge in [0.2, 0.25) is 5.96 Å². The summed E-state index contributed by atoms with van der Waals surface area (Å²) in [7, 11) is 0. The van der Waals surface area contributed by atoms with Gasteiger partial charge in [0.15, 0.2) is 5.96 Å². The molecule has 8 heteroatoms. The Morgan fingerprint density at radius 3 is 2.12 bits per heavy atom. The van der Waals surface area contributed by atoms with Gasteiger partial charge in [0, 0.05) is 0 Å². The van der Waals surface area contributed by atoms with E-state index in [9.17, 15) is 0 Å². The second-order valence-corrected chi connectivity index (χ2v) is 3.72. The van der Waals surface area contributed by atoms with E-state index in [0.717, 1.165) is 0 Å². The first kappa shape index (κ1) is 13.1. The summed E-state index contributed by atoms with van der Waals surface area (Å²) in [5, 5.41) is 9.06. The minimum Gasteiger partial charge on any atom is -0.370 e. The fourth-order valence-electron chi connectivity index (χ4n) is 1.01. The van der Waals surface area contributed by atoms with Crippen molar-refractivity contribution >= 4 is 40.8 Å². The van der Waals surface area contributed by atoms with Gasteiger partial charge in [0.1, 0.15) is 5.69 Å². The quantitative estimate of drug-likeness (QED) is 0.521. The Labute approximate surface area is 107 Å². The number of nitrogens with zero attached hydrogens (tertiary/aromatic N) is 3. The molecule has 88 valence electrons. The van der Waals surface area contributed by atoms with Gasteiger partial charge in [0.05, 0.1) is 21.7 Å². The number of halogens is 2. The van der Waals surface area contributed by atoms with Crippen LogP contribution in [-0.2, 0) is 0 Å². The average Bonchev–Trinajstić information content (AvgIpc) is 2.22. The number of nitrogens with two attached hydrogens (primary N) is 3. The highest BCUT2D eigenvalue weighted by Crippen LogP contribution is 2.34. The third kappa shape index (κ3) is 3.52. The summed E-state index contributed by atoms with van der Waals surface area (Å²) in [6.07, 6.45) is 0. The molecule has 0 aromatic heterocycles. The van der Waals surface area contributed by atoms with Crippen molar-refractivity contribution in [2.75, 3.05) is 0 Å². The predicted molar refractivity (Wildman–Crippen MR) is 68.3 cm³/mol. The molecule has 0 aliphatic rings. The van der Waals surface area contributed by atoms with E-state index in [1.807, 2.05) is 6.07 Å². The highest BCUT2D eigenvalue weighted by molar-refractivity contribution is 6.39. The van der Waals surface area contributed by atoms with Gasteiger partial charge in [-0.1, -0.05) is 23.2 Å². The molecule has 0 aliphatic heterocycles. The molecular formula is C9H8Cl2N6. The normalized spacial score (nSPS) is 10.8. The number of rotatable bonds is 1. The van der Waals surface area contributed by atoms with Crippen molar-refractivity contribution in [1.82, 2.24) is 0 Å². The van der Waals surface area contributed by atoms with Gasteiger partial charge in [0.25, 0.3) is 0 Å². The maximum atomic E-state index is 8.70. The first-order chi connectivity index (χ1) is 7.93. The minimum absolute atomic E-state index is 0.182. The summed E-state index contributed by atoms with van der Waals surface area (Å²) in [5.74, 6) is -0.411. The summed E-state index contributed by atoms with van der Waals surface area (Å²) < 4.78 is 0. The largest absolute Gasteiger partial charge is 0.370 e. The maximum absolute atomic E-state index is 8.70. The summed E-state index contributed by atoms with van der Waals surface area (Å²) >= 11 is 11.8. The topological polar surface area (TPSA) is 127 Å². The van der Waals surface area contributed by atoms with Crippen LogP contribution in [0.5, 0.6) is 0 Å². The van der Waals surface area contributed by atoms with Crippen molar-refractivity contribution in [3.63, 3.8) is 0 Å². The van der Waals surface area contributed by atoms with Crippen molar-refractivity contribution in [1.29, 1.82) is 5.26 Å². The molecule has 0 fully saturated rings. The maximum Gasteiger partial charge on any atom is 0.223 e. The molecule has 0 atom stereocenters. The molecule has 0 aliphatic carbocycles. The van der Waals surface area contributed by atoms with Gasteiger partial charge in [-0.3, -0.25) is 0 Å². The number of hydrogen-bond acceptors (Lipinski definition) is 2. The van der Waals surface area contributed by atoms with Crippen molar-refractivity contribution in [3.05, 3.63) is 27.7 Å². The molecule has 0 saturated carbocycles. The monoisotopic (exact) mass is 270 g/mol. The zero-order valence-electron chi connectivity index (χ0n) is 8.48. The zero-order chi connectivity index (χ0) is 13.0. The molecule has 0 radical (unpaired) electrons. The van der Waals surface area contributed by atoms with Crippen molar-refractivity contribution in [2.45, 2.75) is 0 Å². The van der Waals surface area contributed by atoms with Crippen LogP contribution in [0.15, 0.2) is 22.1 Å². The van der Waals surface area contributed by atoms with E-state index in [4.69, 9.17) is 45.7 Å². The molecular weight excluding hydrogens is 263 g/mol. The smallest absolute Gasteiger partial charge is 0.223 e. The zero-order valence-corrected chi connectivity index (χ0v) is 10.00. The Balaban J connectivity index is 3.26. The van der Waals surface area contributed by atoms with E-state index in [0.29, 0.717) is 5.56 Å². The van der Waals surface area contributed by atoms with E-state index in [-0.39, 0.29) is 27.7 Å². The SMILES string of the molecule is N#Cc1cc(Cl)c(N=C(N)N=C(N)N)c(Cl)c1. The van der Waals surface area contributed by atoms with Gasteiger partial charge in [-0.05, 0) is 12.1 Å². The Bertz CT molecular complexity index is 516. The van der Waals surface area contributed by atoms with Crippen molar-refractivity contribution in [3.8, 4) is 6.07 Å². The average molecular weight is 271 g/mol. The second kappa shape index (κ2) is 5.39. The molecule has 0 bridgehead atoms. The van der Waals surface area contributed by atoms with Crippen LogP contribution in [0.4, 0.5) is 5.69 Å². The van der Waals surface area contributed by atoms with E-state index < -0.39 is 0 Å². The Morgan fingerprint density at radius 2 is 1.71 bits per heavy atom. The summed E-state index contributed by atoms with van der Waals surface area (Å²) in [6.45, 7) is 0. The van der Waals surface area contributed by atoms with Gasteiger partial charge < -0.3 is 17.2 Å². The Hall–Kier alpha value is -1.97. The fourth-order valence-corrected chi connectivity index (χ4v) is 1.58. The summed E-state index contributed by atoms with van der Waals surface area (Å²) in [5.41, 5.74) is 16.2. The number of guanidine groups is 2. The number of hydrogen-bond donors (Lipinski definition) is 3. The lowest BCUT2D eigenvalue weighted by Gasteiger charge is -2.02. The highest BCUT2D eigenvalue weighted by Gasteiger charge is 2.08. The van der Waals surface area contributed by atoms with Crippen LogP contribution < -0.4 is 17.2 Å². The van der Waals surface area contributed by atoms with Gasteiger partial charge in [-0.15, -0.1) is 0 Å². The lowest BCUT2D eigenvalue weighted by molar-refractivity contribution is 1.38. The van der Waals surface area contributed by atoms with Crippen molar-refractivity contribution in [2.24, 2.45) is 27.2 Å². The van der Waals surface area contributed by atoms with Crippen LogP contribution in [0.25, 0.3) is 0 Å². The highest BCUT2D eigenvalue weighted by atomic mass is 35.5. The van der Waals surface area contributed by atoms with Crippen LogP contribution in [0.2, 0.25) is 10.0 Å². The van der Waals surface area contributed by atoms with Crippen LogP contribution >= 0.6 is 23.2 Å². The van der Waals surface area contributed by atoms with Gasteiger partial charge >= 0.3 is 0 Å². The van der Waals surface area contributed by atoms with Gasteiger partial charge in [-0.2, -0.15) is 10.3 Å². The third-order valence-electron chi connectivity index (χ3n) is 1.62. The molecule has 1 aromatic carbocycles. The fraction of sp³-hybridized carbons (Fsp3) is 0. The number of aliphatic imine (C=N–C) groups is 2. The molecule has 1 rings (SSSR count). The number of benzene rings is 1. The lowest BCUT2D eigenvalue weighted by atomic mass is 10.2. The molecule has 0 spiro atoms. The minimum atomic E-state index is -0.230. The van der Waals surface area contributed by atoms with E-state index in [1.54, 1.807) is 0 Å². The first-order valence-corrected chi connectivity index (χ1v) is 5.02. The molecule has 6 N–H and O–H groups in total. The molecule has 0 saturated heterocycles. The first-order valence-electron chi connectivity index (χ1n) is 4.27. The molecule has 0 heterocycles. The van der Waals surface area contributed by atoms with Crippen LogP contribution in [-0.4, -0.2) is 11.9 Å². The van der Waals surface area contributed by atoms with Crippen LogP contribution in [0.3, 0.4) is 0 Å². The molecule has 6 nitrogen and oxygen atoms in total. The van der Waals surface area contributed by atoms with Gasteiger partial charge in [-0.25, -0.2) is 4.99 Å². The summed E-state index contributed by atoms with van der Waals surface area (Å²) in [4.78, 5) is 7.36. The summed E-state index contributed by atoms with van der Waals surface area (Å²) in [6, 6.07) is 4.73. The molecule has 1 aromatic rings.